The maximum absolute atomic E-state index is 11.5. The second-order valence-electron chi connectivity index (χ2n) is 2.69. The molecule has 72 valence electrons. The highest BCUT2D eigenvalue weighted by Crippen LogP contribution is 2.09. The fourth-order valence-electron chi connectivity index (χ4n) is 1.31. The number of rotatable bonds is 4. The van der Waals surface area contributed by atoms with Crippen molar-refractivity contribution < 1.29 is 14.1 Å². The minimum atomic E-state index is -0.269. The molecule has 0 atom stereocenters. The van der Waals surface area contributed by atoms with Crippen molar-refractivity contribution >= 4 is 11.8 Å². The summed E-state index contributed by atoms with van der Waals surface area (Å²) in [6.45, 7) is 11.2. The Morgan fingerprint density at radius 2 is 1.38 bits per heavy atom. The first-order valence-corrected chi connectivity index (χ1v) is 4.30. The number of nitrogens with zero attached hydrogens (tertiary/aromatic N) is 1. The van der Waals surface area contributed by atoms with Crippen LogP contribution in [0.15, 0.2) is 25.3 Å². The Balaban J connectivity index is 5.12. The van der Waals surface area contributed by atoms with Gasteiger partial charge in [-0.1, -0.05) is 13.2 Å². The zero-order chi connectivity index (χ0) is 10.5. The van der Waals surface area contributed by atoms with E-state index in [1.165, 1.54) is 12.2 Å². The number of imide groups is 1. The number of amides is 2. The average molecular weight is 182 g/mol. The van der Waals surface area contributed by atoms with E-state index in [-0.39, 0.29) is 16.3 Å². The predicted octanol–water partition coefficient (Wildman–Crippen LogP) is 1.27. The normalized spacial score (nSPS) is 10.6. The summed E-state index contributed by atoms with van der Waals surface area (Å²) < 4.78 is -0.215. The highest BCUT2D eigenvalue weighted by molar-refractivity contribution is 5.95. The molecule has 0 aromatic heterocycles. The van der Waals surface area contributed by atoms with Gasteiger partial charge in [-0.3, -0.25) is 0 Å². The van der Waals surface area contributed by atoms with Crippen molar-refractivity contribution in [3.8, 4) is 0 Å². The molecule has 13 heavy (non-hydrogen) atoms. The van der Waals surface area contributed by atoms with Crippen molar-refractivity contribution in [2.75, 3.05) is 13.1 Å². The summed E-state index contributed by atoms with van der Waals surface area (Å²) in [5.74, 6) is -0.537. The summed E-state index contributed by atoms with van der Waals surface area (Å²) >= 11 is 0. The molecule has 0 rings (SSSR count). The molecule has 0 aliphatic carbocycles. The minimum Gasteiger partial charge on any atom is -0.226 e. The quantitative estimate of drug-likeness (QED) is 0.484. The lowest BCUT2D eigenvalue weighted by Gasteiger charge is -2.28. The maximum atomic E-state index is 11.5. The van der Waals surface area contributed by atoms with Gasteiger partial charge in [0, 0.05) is 12.2 Å². The Bertz CT molecular complexity index is 217. The first kappa shape index (κ1) is 11.8. The third kappa shape index (κ3) is 1.92. The van der Waals surface area contributed by atoms with Crippen LogP contribution in [0.25, 0.3) is 0 Å². The Labute approximate surface area is 78.9 Å². The first-order chi connectivity index (χ1) is 6.08. The second kappa shape index (κ2) is 4.72. The van der Waals surface area contributed by atoms with Gasteiger partial charge in [0.1, 0.15) is 0 Å². The lowest BCUT2D eigenvalue weighted by molar-refractivity contribution is -0.769. The van der Waals surface area contributed by atoms with Crippen molar-refractivity contribution in [2.45, 2.75) is 13.8 Å². The van der Waals surface area contributed by atoms with E-state index in [0.29, 0.717) is 13.1 Å². The molecule has 0 radical (unpaired) electrons. The monoisotopic (exact) mass is 182 g/mol. The summed E-state index contributed by atoms with van der Waals surface area (Å²) in [5.41, 5.74) is 0. The van der Waals surface area contributed by atoms with Crippen molar-refractivity contribution in [1.82, 2.24) is 0 Å². The molecule has 0 unspecified atom stereocenters. The fraction of sp³-hybridized carbons (Fsp3) is 0.400. The van der Waals surface area contributed by atoms with Crippen LogP contribution in [0, 0.1) is 0 Å². The average Bonchev–Trinajstić information content (AvgIpc) is 2.19. The van der Waals surface area contributed by atoms with Crippen LogP contribution >= 0.6 is 0 Å². The van der Waals surface area contributed by atoms with Crippen LogP contribution in [0.2, 0.25) is 0 Å². The third-order valence-corrected chi connectivity index (χ3v) is 2.27. The van der Waals surface area contributed by atoms with E-state index in [4.69, 9.17) is 0 Å². The second-order valence-corrected chi connectivity index (χ2v) is 2.69. The molecule has 0 aromatic carbocycles. The molecular formula is C10H16NO2+. The lowest BCUT2D eigenvalue weighted by Crippen LogP contribution is -2.55. The van der Waals surface area contributed by atoms with Crippen molar-refractivity contribution in [3.05, 3.63) is 25.3 Å². The van der Waals surface area contributed by atoms with Crippen LogP contribution in [-0.4, -0.2) is 29.4 Å². The molecule has 0 saturated carbocycles. The molecule has 0 aromatic rings. The van der Waals surface area contributed by atoms with E-state index in [2.05, 4.69) is 13.2 Å². The fourth-order valence-corrected chi connectivity index (χ4v) is 1.31. The van der Waals surface area contributed by atoms with Gasteiger partial charge < -0.3 is 0 Å². The molecule has 3 nitrogen and oxygen atoms in total. The summed E-state index contributed by atoms with van der Waals surface area (Å²) in [7, 11) is 0. The van der Waals surface area contributed by atoms with Gasteiger partial charge in [0.25, 0.3) is 0 Å². The van der Waals surface area contributed by atoms with Crippen molar-refractivity contribution in [2.24, 2.45) is 0 Å². The largest absolute Gasteiger partial charge is 0.345 e. The van der Waals surface area contributed by atoms with Crippen molar-refractivity contribution in [3.63, 3.8) is 0 Å². The van der Waals surface area contributed by atoms with Gasteiger partial charge in [-0.15, -0.1) is 0 Å². The molecule has 0 saturated heterocycles. The number of carbonyl (C=O) groups is 2. The van der Waals surface area contributed by atoms with Gasteiger partial charge in [-0.2, -0.15) is 4.48 Å². The van der Waals surface area contributed by atoms with Crippen molar-refractivity contribution in [1.29, 1.82) is 0 Å². The predicted molar refractivity (Wildman–Crippen MR) is 51.8 cm³/mol. The summed E-state index contributed by atoms with van der Waals surface area (Å²) in [6.07, 6.45) is 2.38. The minimum absolute atomic E-state index is 0.215. The van der Waals surface area contributed by atoms with E-state index in [1.54, 1.807) is 13.8 Å². The summed E-state index contributed by atoms with van der Waals surface area (Å²) in [6, 6.07) is 0. The van der Waals surface area contributed by atoms with E-state index in [1.807, 2.05) is 0 Å². The topological polar surface area (TPSA) is 34.1 Å². The lowest BCUT2D eigenvalue weighted by atomic mass is 10.3. The number of quaternary nitrogens is 1. The zero-order valence-electron chi connectivity index (χ0n) is 8.25. The maximum Gasteiger partial charge on any atom is 0.345 e. The number of hydrogen-bond acceptors (Lipinski definition) is 2. The molecule has 0 spiro atoms. The Morgan fingerprint density at radius 1 is 1.08 bits per heavy atom. The molecule has 0 fully saturated rings. The summed E-state index contributed by atoms with van der Waals surface area (Å²) in [4.78, 5) is 23.0. The molecule has 0 aliphatic heterocycles. The van der Waals surface area contributed by atoms with Crippen LogP contribution < -0.4 is 0 Å². The van der Waals surface area contributed by atoms with Crippen LogP contribution in [0.1, 0.15) is 13.8 Å². The van der Waals surface area contributed by atoms with E-state index in [0.717, 1.165) is 0 Å². The Kier molecular flexibility index (Phi) is 4.28. The van der Waals surface area contributed by atoms with E-state index < -0.39 is 0 Å². The molecule has 0 aliphatic rings. The van der Waals surface area contributed by atoms with Gasteiger partial charge in [-0.05, 0) is 13.8 Å². The van der Waals surface area contributed by atoms with Gasteiger partial charge in [-0.25, -0.2) is 9.59 Å². The van der Waals surface area contributed by atoms with Gasteiger partial charge in [0.15, 0.2) is 0 Å². The zero-order valence-corrected chi connectivity index (χ0v) is 8.25. The molecule has 0 heterocycles. The molecule has 3 heteroatoms. The number of likely N-dealkylation sites (N-methyl/N-ethyl adjacent to an activating group) is 1. The summed E-state index contributed by atoms with van der Waals surface area (Å²) in [5, 5.41) is 0. The van der Waals surface area contributed by atoms with Gasteiger partial charge in [0.05, 0.1) is 13.1 Å². The third-order valence-electron chi connectivity index (χ3n) is 2.27. The van der Waals surface area contributed by atoms with Gasteiger partial charge >= 0.3 is 11.8 Å². The molecule has 0 bridgehead atoms. The standard InChI is InChI=1S/C10H16NO2/c1-5-9(12)11(7-3,8-4)10(13)6-2/h5-6H,1-2,7-8H2,3-4H3/q+1. The number of hydrogen-bond donors (Lipinski definition) is 0. The molecular weight excluding hydrogens is 166 g/mol. The number of carbonyl (C=O) groups excluding carboxylic acids is 2. The van der Waals surface area contributed by atoms with E-state index in [9.17, 15) is 9.59 Å². The highest BCUT2D eigenvalue weighted by atomic mass is 16.2. The first-order valence-electron chi connectivity index (χ1n) is 4.30. The van der Waals surface area contributed by atoms with Crippen LogP contribution in [0.3, 0.4) is 0 Å². The smallest absolute Gasteiger partial charge is 0.226 e. The van der Waals surface area contributed by atoms with Gasteiger partial charge in [0.2, 0.25) is 0 Å². The van der Waals surface area contributed by atoms with Crippen LogP contribution in [0.5, 0.6) is 0 Å². The van der Waals surface area contributed by atoms with Crippen LogP contribution in [-0.2, 0) is 9.59 Å². The SMILES string of the molecule is C=CC(=O)[N+](CC)(CC)C(=O)C=C. The molecule has 0 N–H and O–H groups in total. The van der Waals surface area contributed by atoms with E-state index >= 15 is 0 Å². The highest BCUT2D eigenvalue weighted by Gasteiger charge is 2.37. The molecule has 2 amide bonds. The Hall–Kier alpha value is -1.22. The van der Waals surface area contributed by atoms with Crippen LogP contribution in [0.4, 0.5) is 0 Å². The Morgan fingerprint density at radius 3 is 1.54 bits per heavy atom.